The molecule has 26 heavy (non-hydrogen) atoms. The van der Waals surface area contributed by atoms with Gasteiger partial charge in [0.25, 0.3) is 5.56 Å². The molecule has 0 aliphatic carbocycles. The number of benzene rings is 1. The van der Waals surface area contributed by atoms with E-state index in [0.29, 0.717) is 11.3 Å². The third kappa shape index (κ3) is 3.44. The van der Waals surface area contributed by atoms with Crippen molar-refractivity contribution < 1.29 is 23.8 Å². The third-order valence-electron chi connectivity index (χ3n) is 3.72. The Hall–Kier alpha value is -3.54. The molecule has 1 amide bonds. The second kappa shape index (κ2) is 7.57. The second-order valence-corrected chi connectivity index (χ2v) is 5.22. The van der Waals surface area contributed by atoms with E-state index < -0.39 is 29.7 Å². The first-order valence-corrected chi connectivity index (χ1v) is 7.36. The number of aromatic nitrogens is 2. The van der Waals surface area contributed by atoms with E-state index >= 15 is 0 Å². The number of nitrogens with one attached hydrogen (secondary N) is 1. The summed E-state index contributed by atoms with van der Waals surface area (Å²) < 4.78 is 15.4. The smallest absolute Gasteiger partial charge is 0.408 e. The van der Waals surface area contributed by atoms with Crippen LogP contribution in [0.1, 0.15) is 0 Å². The molecule has 0 bridgehead atoms. The monoisotopic (exact) mass is 359 g/mol. The highest BCUT2D eigenvalue weighted by atomic mass is 16.5. The minimum Gasteiger partial charge on any atom is -0.497 e. The maximum atomic E-state index is 12.8. The molecule has 0 saturated carbocycles. The van der Waals surface area contributed by atoms with Gasteiger partial charge in [-0.05, 0) is 18.2 Å². The summed E-state index contributed by atoms with van der Waals surface area (Å²) in [5.74, 6) is 1.72. The molecule has 1 aromatic heterocycles. The highest BCUT2D eigenvalue weighted by molar-refractivity contribution is 5.89. The van der Waals surface area contributed by atoms with Crippen LogP contribution in [0.4, 0.5) is 4.79 Å². The summed E-state index contributed by atoms with van der Waals surface area (Å²) in [5, 5.41) is 2.51. The summed E-state index contributed by atoms with van der Waals surface area (Å²) in [6, 6.07) is 4.81. The van der Waals surface area contributed by atoms with E-state index in [1.165, 1.54) is 19.5 Å². The minimum absolute atomic E-state index is 0.265. The average molecular weight is 359 g/mol. The summed E-state index contributed by atoms with van der Waals surface area (Å²) in [5.41, 5.74) is -1.97. The highest BCUT2D eigenvalue weighted by Gasteiger charge is 2.41. The first kappa shape index (κ1) is 18.8. The Bertz CT molecular complexity index is 946. The van der Waals surface area contributed by atoms with Crippen LogP contribution in [0.25, 0.3) is 10.9 Å². The molecule has 0 saturated heterocycles. The van der Waals surface area contributed by atoms with Crippen LogP contribution in [-0.4, -0.2) is 48.5 Å². The topological polar surface area (TPSA) is 109 Å². The van der Waals surface area contributed by atoms with Crippen molar-refractivity contribution in [3.05, 3.63) is 34.9 Å². The van der Waals surface area contributed by atoms with Gasteiger partial charge in [0.15, 0.2) is 0 Å². The van der Waals surface area contributed by atoms with Crippen LogP contribution in [0, 0.1) is 12.3 Å². The number of carbonyl (C=O) groups excluding carboxylic acids is 2. The molecule has 2 aromatic rings. The Labute approximate surface area is 148 Å². The van der Waals surface area contributed by atoms with Crippen molar-refractivity contribution in [2.75, 3.05) is 21.3 Å². The van der Waals surface area contributed by atoms with Crippen molar-refractivity contribution in [2.24, 2.45) is 0 Å². The van der Waals surface area contributed by atoms with Gasteiger partial charge in [-0.2, -0.15) is 0 Å². The number of amides is 1. The number of fused-ring (bicyclic) bond motifs is 1. The molecule has 136 valence electrons. The van der Waals surface area contributed by atoms with Crippen molar-refractivity contribution in [1.82, 2.24) is 14.9 Å². The fourth-order valence-corrected chi connectivity index (χ4v) is 2.33. The molecule has 1 aromatic carbocycles. The molecule has 1 N–H and O–H groups in total. The van der Waals surface area contributed by atoms with Gasteiger partial charge in [0.2, 0.25) is 5.54 Å². The van der Waals surface area contributed by atoms with Crippen molar-refractivity contribution in [3.8, 4) is 18.1 Å². The van der Waals surface area contributed by atoms with Crippen LogP contribution >= 0.6 is 0 Å². The second-order valence-electron chi connectivity index (χ2n) is 5.22. The quantitative estimate of drug-likeness (QED) is 0.604. The highest BCUT2D eigenvalue weighted by Crippen LogP contribution is 2.17. The van der Waals surface area contributed by atoms with E-state index in [9.17, 15) is 14.4 Å². The third-order valence-corrected chi connectivity index (χ3v) is 3.72. The van der Waals surface area contributed by atoms with Crippen molar-refractivity contribution in [3.63, 3.8) is 0 Å². The predicted molar refractivity (Wildman–Crippen MR) is 91.7 cm³/mol. The number of alkyl carbamates (subject to hydrolysis) is 1. The van der Waals surface area contributed by atoms with Gasteiger partial charge in [0.1, 0.15) is 5.75 Å². The molecule has 1 heterocycles. The van der Waals surface area contributed by atoms with E-state index in [1.54, 1.807) is 12.1 Å². The van der Waals surface area contributed by atoms with E-state index in [0.717, 1.165) is 18.8 Å². The number of terminal acetylenes is 1. The maximum Gasteiger partial charge on any atom is 0.408 e. The summed E-state index contributed by atoms with van der Waals surface area (Å²) in [6.45, 7) is -0.399. The first-order chi connectivity index (χ1) is 12.4. The fourth-order valence-electron chi connectivity index (χ4n) is 2.33. The van der Waals surface area contributed by atoms with Crippen LogP contribution in [-0.2, 0) is 20.8 Å². The average Bonchev–Trinajstić information content (AvgIpc) is 2.68. The molecule has 0 aliphatic heterocycles. The first-order valence-electron chi connectivity index (χ1n) is 7.36. The molecule has 0 radical (unpaired) electrons. The van der Waals surface area contributed by atoms with Gasteiger partial charge in [0.05, 0.1) is 45.1 Å². The largest absolute Gasteiger partial charge is 0.497 e. The van der Waals surface area contributed by atoms with Gasteiger partial charge in [-0.15, -0.1) is 6.42 Å². The van der Waals surface area contributed by atoms with Crippen molar-refractivity contribution in [1.29, 1.82) is 0 Å². The van der Waals surface area contributed by atoms with Crippen LogP contribution in [0.3, 0.4) is 0 Å². The zero-order chi connectivity index (χ0) is 19.3. The Balaban J connectivity index is 2.56. The number of carbonyl (C=O) groups is 2. The Morgan fingerprint density at radius 1 is 1.31 bits per heavy atom. The number of rotatable bonds is 5. The molecule has 2 rings (SSSR count). The van der Waals surface area contributed by atoms with Gasteiger partial charge in [-0.3, -0.25) is 14.7 Å². The molecular weight excluding hydrogens is 342 g/mol. The molecule has 1 atom stereocenters. The molecule has 9 nitrogen and oxygen atoms in total. The number of hydrogen-bond acceptors (Lipinski definition) is 7. The van der Waals surface area contributed by atoms with E-state index in [4.69, 9.17) is 11.2 Å². The zero-order valence-corrected chi connectivity index (χ0v) is 14.4. The van der Waals surface area contributed by atoms with Crippen LogP contribution in [0.2, 0.25) is 0 Å². The molecule has 0 aliphatic rings. The summed E-state index contributed by atoms with van der Waals surface area (Å²) in [6.07, 6.45) is 5.75. The van der Waals surface area contributed by atoms with Gasteiger partial charge >= 0.3 is 12.1 Å². The molecule has 0 spiro atoms. The number of methoxy groups -OCH3 is 3. The van der Waals surface area contributed by atoms with Crippen LogP contribution in [0.15, 0.2) is 29.3 Å². The van der Waals surface area contributed by atoms with Crippen molar-refractivity contribution >= 4 is 23.0 Å². The molecular formula is C17H17N3O6. The van der Waals surface area contributed by atoms with Gasteiger partial charge in [-0.25, -0.2) is 14.6 Å². The summed E-state index contributed by atoms with van der Waals surface area (Å²) in [4.78, 5) is 40.7. The SMILES string of the molecule is C#CC(Cn1cnc2ccc(OC)cc2c1=O)(NC(=O)OC)C(=O)OC. The lowest BCUT2D eigenvalue weighted by Gasteiger charge is -2.26. The lowest BCUT2D eigenvalue weighted by Crippen LogP contribution is -2.57. The van der Waals surface area contributed by atoms with Gasteiger partial charge < -0.3 is 14.2 Å². The Morgan fingerprint density at radius 3 is 2.62 bits per heavy atom. The zero-order valence-electron chi connectivity index (χ0n) is 14.4. The number of hydrogen-bond donors (Lipinski definition) is 1. The van der Waals surface area contributed by atoms with E-state index in [-0.39, 0.29) is 5.39 Å². The Kier molecular flexibility index (Phi) is 5.47. The minimum atomic E-state index is -1.94. The predicted octanol–water partition coefficient (Wildman–Crippen LogP) is 0.306. The fraction of sp³-hybridized carbons (Fsp3) is 0.294. The number of nitrogens with zero attached hydrogens (tertiary/aromatic N) is 2. The summed E-state index contributed by atoms with van der Waals surface area (Å²) in [7, 11) is 3.69. The normalized spacial score (nSPS) is 12.5. The number of esters is 1. The maximum absolute atomic E-state index is 12.8. The Morgan fingerprint density at radius 2 is 2.04 bits per heavy atom. The van der Waals surface area contributed by atoms with E-state index in [1.807, 2.05) is 0 Å². The lowest BCUT2D eigenvalue weighted by molar-refractivity contribution is -0.146. The van der Waals surface area contributed by atoms with Crippen LogP contribution < -0.4 is 15.6 Å². The van der Waals surface area contributed by atoms with Crippen molar-refractivity contribution in [2.45, 2.75) is 12.1 Å². The molecule has 9 heteroatoms. The molecule has 1 unspecified atom stereocenters. The molecule has 0 fully saturated rings. The van der Waals surface area contributed by atoms with Gasteiger partial charge in [0, 0.05) is 0 Å². The standard InChI is InChI=1S/C17H17N3O6/c1-5-17(15(22)25-3,19-16(23)26-4)9-20-10-18-13-7-6-11(24-2)8-12(13)14(20)21/h1,6-8,10H,9H2,2-4H3,(H,19,23). The van der Waals surface area contributed by atoms with Crippen LogP contribution in [0.5, 0.6) is 5.75 Å². The number of ether oxygens (including phenoxy) is 3. The van der Waals surface area contributed by atoms with Gasteiger partial charge in [-0.1, -0.05) is 5.92 Å². The lowest BCUT2D eigenvalue weighted by atomic mass is 10.0. The van der Waals surface area contributed by atoms with E-state index in [2.05, 4.69) is 25.7 Å². The summed E-state index contributed by atoms with van der Waals surface area (Å²) >= 11 is 0.